The van der Waals surface area contributed by atoms with Crippen molar-refractivity contribution < 1.29 is 9.84 Å². The molecule has 1 saturated carbocycles. The van der Waals surface area contributed by atoms with Crippen LogP contribution in [0.5, 0.6) is 0 Å². The fraction of sp³-hybridized carbons (Fsp3) is 1.00. The number of hydrazine groups is 1. The summed E-state index contributed by atoms with van der Waals surface area (Å²) in [6.45, 7) is 4.15. The molecular formula is C11H22N2O2. The topological polar surface area (TPSA) is 44.7 Å². The lowest BCUT2D eigenvalue weighted by Gasteiger charge is -2.35. The van der Waals surface area contributed by atoms with Crippen molar-refractivity contribution in [1.29, 1.82) is 0 Å². The van der Waals surface area contributed by atoms with Crippen LogP contribution in [0.25, 0.3) is 0 Å². The van der Waals surface area contributed by atoms with Gasteiger partial charge < -0.3 is 9.84 Å². The number of rotatable bonds is 3. The van der Waals surface area contributed by atoms with Gasteiger partial charge in [0.05, 0.1) is 18.8 Å². The van der Waals surface area contributed by atoms with Gasteiger partial charge in [-0.1, -0.05) is 19.3 Å². The lowest BCUT2D eigenvalue weighted by atomic mass is 9.85. The number of morpholine rings is 1. The van der Waals surface area contributed by atoms with Gasteiger partial charge in [0.25, 0.3) is 0 Å². The summed E-state index contributed by atoms with van der Waals surface area (Å²) >= 11 is 0. The molecule has 0 bridgehead atoms. The number of nitrogens with one attached hydrogen (secondary N) is 1. The van der Waals surface area contributed by atoms with Gasteiger partial charge in [-0.3, -0.25) is 5.43 Å². The Kier molecular flexibility index (Phi) is 3.97. The SMILES string of the molecule is OC1(CNN2CCOCC2)CCCCC1. The second kappa shape index (κ2) is 5.25. The van der Waals surface area contributed by atoms with Gasteiger partial charge in [0.1, 0.15) is 0 Å². The van der Waals surface area contributed by atoms with Crippen LogP contribution in [-0.2, 0) is 4.74 Å². The van der Waals surface area contributed by atoms with E-state index >= 15 is 0 Å². The molecule has 1 saturated heterocycles. The molecule has 0 unspecified atom stereocenters. The molecule has 0 aromatic rings. The van der Waals surface area contributed by atoms with Crippen molar-refractivity contribution in [3.8, 4) is 0 Å². The van der Waals surface area contributed by atoms with Gasteiger partial charge in [-0.2, -0.15) is 0 Å². The monoisotopic (exact) mass is 214 g/mol. The van der Waals surface area contributed by atoms with Crippen LogP contribution in [0.15, 0.2) is 0 Å². The molecule has 0 atom stereocenters. The van der Waals surface area contributed by atoms with Crippen LogP contribution in [-0.4, -0.2) is 48.6 Å². The molecule has 0 radical (unpaired) electrons. The van der Waals surface area contributed by atoms with Gasteiger partial charge in [-0.05, 0) is 12.8 Å². The van der Waals surface area contributed by atoms with E-state index in [0.29, 0.717) is 6.54 Å². The first-order valence-corrected chi connectivity index (χ1v) is 6.07. The third kappa shape index (κ3) is 3.41. The Balaban J connectivity index is 1.70. The number of hydrogen-bond donors (Lipinski definition) is 2. The largest absolute Gasteiger partial charge is 0.389 e. The molecule has 2 fully saturated rings. The predicted molar refractivity (Wildman–Crippen MR) is 58.4 cm³/mol. The second-order valence-corrected chi connectivity index (χ2v) is 4.72. The fourth-order valence-electron chi connectivity index (χ4n) is 2.37. The third-order valence-electron chi connectivity index (χ3n) is 3.43. The normalized spacial score (nSPS) is 27.8. The Morgan fingerprint density at radius 3 is 2.47 bits per heavy atom. The molecule has 2 N–H and O–H groups in total. The van der Waals surface area contributed by atoms with Crippen LogP contribution in [0.1, 0.15) is 32.1 Å². The van der Waals surface area contributed by atoms with Crippen molar-refractivity contribution in [3.63, 3.8) is 0 Å². The molecule has 1 aliphatic carbocycles. The number of aliphatic hydroxyl groups is 1. The maximum absolute atomic E-state index is 10.3. The first-order valence-electron chi connectivity index (χ1n) is 6.07. The van der Waals surface area contributed by atoms with Crippen LogP contribution < -0.4 is 5.43 Å². The summed E-state index contributed by atoms with van der Waals surface area (Å²) in [6.07, 6.45) is 5.51. The van der Waals surface area contributed by atoms with Crippen molar-refractivity contribution in [2.24, 2.45) is 0 Å². The van der Waals surface area contributed by atoms with Crippen molar-refractivity contribution in [3.05, 3.63) is 0 Å². The van der Waals surface area contributed by atoms with Gasteiger partial charge in [-0.15, -0.1) is 0 Å². The van der Waals surface area contributed by atoms with Gasteiger partial charge in [-0.25, -0.2) is 5.01 Å². The van der Waals surface area contributed by atoms with Gasteiger partial charge in [0.2, 0.25) is 0 Å². The van der Waals surface area contributed by atoms with E-state index in [4.69, 9.17) is 4.74 Å². The van der Waals surface area contributed by atoms with Crippen molar-refractivity contribution in [2.45, 2.75) is 37.7 Å². The van der Waals surface area contributed by atoms with Gasteiger partial charge in [0, 0.05) is 19.6 Å². The average Bonchev–Trinajstić information content (AvgIpc) is 2.29. The molecule has 88 valence electrons. The van der Waals surface area contributed by atoms with Crippen LogP contribution in [0.3, 0.4) is 0 Å². The standard InChI is InChI=1S/C11H22N2O2/c14-11(4-2-1-3-5-11)10-12-13-6-8-15-9-7-13/h12,14H,1-10H2. The average molecular weight is 214 g/mol. The molecule has 0 spiro atoms. The first kappa shape index (κ1) is 11.3. The summed E-state index contributed by atoms with van der Waals surface area (Å²) in [5, 5.41) is 12.4. The highest BCUT2D eigenvalue weighted by Crippen LogP contribution is 2.27. The summed E-state index contributed by atoms with van der Waals surface area (Å²) in [6, 6.07) is 0. The molecule has 2 rings (SSSR count). The fourth-order valence-corrected chi connectivity index (χ4v) is 2.37. The van der Waals surface area contributed by atoms with Crippen LogP contribution in [0, 0.1) is 0 Å². The molecule has 1 aliphatic heterocycles. The number of ether oxygens (including phenoxy) is 1. The number of nitrogens with zero attached hydrogens (tertiary/aromatic N) is 1. The van der Waals surface area contributed by atoms with Crippen molar-refractivity contribution in [1.82, 2.24) is 10.4 Å². The zero-order valence-electron chi connectivity index (χ0n) is 9.37. The van der Waals surface area contributed by atoms with E-state index in [1.807, 2.05) is 0 Å². The Labute approximate surface area is 91.6 Å². The summed E-state index contributed by atoms with van der Waals surface area (Å²) in [4.78, 5) is 0. The molecular weight excluding hydrogens is 192 g/mol. The first-order chi connectivity index (χ1) is 7.29. The lowest BCUT2D eigenvalue weighted by molar-refractivity contribution is -0.0367. The Morgan fingerprint density at radius 1 is 1.13 bits per heavy atom. The molecule has 1 heterocycles. The van der Waals surface area contributed by atoms with Gasteiger partial charge >= 0.3 is 0 Å². The van der Waals surface area contributed by atoms with Crippen LogP contribution >= 0.6 is 0 Å². The van der Waals surface area contributed by atoms with Crippen molar-refractivity contribution in [2.75, 3.05) is 32.8 Å². The van der Waals surface area contributed by atoms with E-state index in [-0.39, 0.29) is 0 Å². The molecule has 4 nitrogen and oxygen atoms in total. The molecule has 2 aliphatic rings. The van der Waals surface area contributed by atoms with Crippen molar-refractivity contribution >= 4 is 0 Å². The minimum Gasteiger partial charge on any atom is -0.389 e. The zero-order chi connectivity index (χ0) is 10.6. The molecule has 0 amide bonds. The summed E-state index contributed by atoms with van der Waals surface area (Å²) in [5.41, 5.74) is 2.87. The summed E-state index contributed by atoms with van der Waals surface area (Å²) < 4.78 is 5.27. The smallest absolute Gasteiger partial charge is 0.0785 e. The van der Waals surface area contributed by atoms with Crippen LogP contribution in [0.2, 0.25) is 0 Å². The van der Waals surface area contributed by atoms with Gasteiger partial charge in [0.15, 0.2) is 0 Å². The zero-order valence-corrected chi connectivity index (χ0v) is 9.37. The Morgan fingerprint density at radius 2 is 1.80 bits per heavy atom. The number of hydrogen-bond acceptors (Lipinski definition) is 4. The highest BCUT2D eigenvalue weighted by Gasteiger charge is 2.29. The van der Waals surface area contributed by atoms with E-state index in [0.717, 1.165) is 39.1 Å². The van der Waals surface area contributed by atoms with E-state index in [1.165, 1.54) is 19.3 Å². The minimum absolute atomic E-state index is 0.462. The maximum Gasteiger partial charge on any atom is 0.0785 e. The highest BCUT2D eigenvalue weighted by molar-refractivity contribution is 4.84. The summed E-state index contributed by atoms with van der Waals surface area (Å²) in [7, 11) is 0. The van der Waals surface area contributed by atoms with E-state index < -0.39 is 5.60 Å². The summed E-state index contributed by atoms with van der Waals surface area (Å²) in [5.74, 6) is 0. The molecule has 4 heteroatoms. The van der Waals surface area contributed by atoms with E-state index in [1.54, 1.807) is 0 Å². The lowest BCUT2D eigenvalue weighted by Crippen LogP contribution is -2.52. The van der Waals surface area contributed by atoms with E-state index in [2.05, 4.69) is 10.4 Å². The Bertz CT molecular complexity index is 187. The molecule has 0 aromatic carbocycles. The minimum atomic E-state index is -0.462. The Hall–Kier alpha value is -0.160. The highest BCUT2D eigenvalue weighted by atomic mass is 16.5. The maximum atomic E-state index is 10.3. The second-order valence-electron chi connectivity index (χ2n) is 4.72. The quantitative estimate of drug-likeness (QED) is 0.719. The molecule has 15 heavy (non-hydrogen) atoms. The van der Waals surface area contributed by atoms with Crippen LogP contribution in [0.4, 0.5) is 0 Å². The third-order valence-corrected chi connectivity index (χ3v) is 3.43. The predicted octanol–water partition coefficient (Wildman–Crippen LogP) is 0.518. The van der Waals surface area contributed by atoms with E-state index in [9.17, 15) is 5.11 Å². The molecule has 0 aromatic heterocycles.